The van der Waals surface area contributed by atoms with E-state index in [0.29, 0.717) is 6.54 Å². The standard InChI is InChI=1S/C21H22N6O/c1-15-23-8-9-27(15)20-10-16(6-7-24-20)12-22-13-18-14-25-26-21(18)17-4-3-5-19(11-17)28-2/h3-11,14,22H,12-13H2,1-2H3,(H,25,26). The van der Waals surface area contributed by atoms with E-state index in [0.717, 1.165) is 46.3 Å². The highest BCUT2D eigenvalue weighted by molar-refractivity contribution is 5.64. The molecule has 0 amide bonds. The van der Waals surface area contributed by atoms with Gasteiger partial charge in [0.2, 0.25) is 0 Å². The summed E-state index contributed by atoms with van der Waals surface area (Å²) in [6, 6.07) is 12.0. The number of H-pyrrole nitrogens is 1. The molecule has 28 heavy (non-hydrogen) atoms. The van der Waals surface area contributed by atoms with Gasteiger partial charge in [0.1, 0.15) is 17.4 Å². The van der Waals surface area contributed by atoms with Gasteiger partial charge < -0.3 is 10.1 Å². The Balaban J connectivity index is 1.44. The molecule has 0 atom stereocenters. The fourth-order valence-corrected chi connectivity index (χ4v) is 3.14. The Hall–Kier alpha value is -3.45. The zero-order valence-electron chi connectivity index (χ0n) is 15.9. The number of methoxy groups -OCH3 is 1. The predicted molar refractivity (Wildman–Crippen MR) is 107 cm³/mol. The lowest BCUT2D eigenvalue weighted by atomic mass is 10.1. The van der Waals surface area contributed by atoms with E-state index >= 15 is 0 Å². The Kier molecular flexibility index (Phi) is 5.16. The molecule has 4 aromatic rings. The Bertz CT molecular complexity index is 1070. The number of imidazole rings is 1. The van der Waals surface area contributed by atoms with Crippen molar-refractivity contribution in [3.63, 3.8) is 0 Å². The lowest BCUT2D eigenvalue weighted by molar-refractivity contribution is 0.415. The summed E-state index contributed by atoms with van der Waals surface area (Å²) in [5.74, 6) is 2.61. The molecule has 0 aliphatic carbocycles. The van der Waals surface area contributed by atoms with E-state index in [1.807, 2.05) is 60.4 Å². The molecule has 0 aliphatic rings. The summed E-state index contributed by atoms with van der Waals surface area (Å²) in [5, 5.41) is 10.8. The van der Waals surface area contributed by atoms with Crippen LogP contribution < -0.4 is 10.1 Å². The molecule has 142 valence electrons. The number of aromatic amines is 1. The third kappa shape index (κ3) is 3.79. The Morgan fingerprint density at radius 1 is 1.11 bits per heavy atom. The first-order valence-electron chi connectivity index (χ1n) is 9.07. The van der Waals surface area contributed by atoms with Crippen LogP contribution in [0.5, 0.6) is 5.75 Å². The van der Waals surface area contributed by atoms with Crippen molar-refractivity contribution in [2.75, 3.05) is 7.11 Å². The smallest absolute Gasteiger partial charge is 0.138 e. The highest BCUT2D eigenvalue weighted by Crippen LogP contribution is 2.25. The van der Waals surface area contributed by atoms with Gasteiger partial charge >= 0.3 is 0 Å². The second kappa shape index (κ2) is 8.06. The van der Waals surface area contributed by atoms with Crippen LogP contribution in [0.4, 0.5) is 0 Å². The van der Waals surface area contributed by atoms with Crippen molar-refractivity contribution in [1.82, 2.24) is 30.0 Å². The van der Waals surface area contributed by atoms with Crippen molar-refractivity contribution in [3.8, 4) is 22.8 Å². The van der Waals surface area contributed by atoms with E-state index in [-0.39, 0.29) is 0 Å². The quantitative estimate of drug-likeness (QED) is 0.519. The maximum atomic E-state index is 5.32. The minimum Gasteiger partial charge on any atom is -0.497 e. The monoisotopic (exact) mass is 374 g/mol. The highest BCUT2D eigenvalue weighted by atomic mass is 16.5. The molecule has 0 saturated carbocycles. The van der Waals surface area contributed by atoms with Gasteiger partial charge in [-0.25, -0.2) is 9.97 Å². The first-order valence-corrected chi connectivity index (χ1v) is 9.07. The fourth-order valence-electron chi connectivity index (χ4n) is 3.14. The first-order chi connectivity index (χ1) is 13.7. The summed E-state index contributed by atoms with van der Waals surface area (Å²) in [5.41, 5.74) is 4.31. The molecule has 0 aliphatic heterocycles. The van der Waals surface area contributed by atoms with Gasteiger partial charge in [-0.05, 0) is 36.8 Å². The molecule has 3 aromatic heterocycles. The average molecular weight is 374 g/mol. The van der Waals surface area contributed by atoms with E-state index in [2.05, 4.69) is 31.5 Å². The lowest BCUT2D eigenvalue weighted by Gasteiger charge is -2.09. The van der Waals surface area contributed by atoms with Crippen LogP contribution in [0, 0.1) is 6.92 Å². The van der Waals surface area contributed by atoms with Crippen LogP contribution in [-0.2, 0) is 13.1 Å². The molecule has 0 spiro atoms. The zero-order chi connectivity index (χ0) is 19.3. The third-order valence-corrected chi connectivity index (χ3v) is 4.60. The number of hydrogen-bond acceptors (Lipinski definition) is 5. The average Bonchev–Trinajstić information content (AvgIpc) is 3.37. The molecule has 7 heteroatoms. The van der Waals surface area contributed by atoms with Crippen LogP contribution >= 0.6 is 0 Å². The maximum Gasteiger partial charge on any atom is 0.138 e. The first kappa shape index (κ1) is 17.9. The van der Waals surface area contributed by atoms with Crippen molar-refractivity contribution >= 4 is 0 Å². The van der Waals surface area contributed by atoms with Crippen molar-refractivity contribution in [1.29, 1.82) is 0 Å². The number of benzene rings is 1. The number of aryl methyl sites for hydroxylation is 1. The fraction of sp³-hybridized carbons (Fsp3) is 0.190. The van der Waals surface area contributed by atoms with Gasteiger partial charge in [-0.1, -0.05) is 12.1 Å². The largest absolute Gasteiger partial charge is 0.497 e. The Morgan fingerprint density at radius 2 is 2.04 bits per heavy atom. The number of hydrogen-bond donors (Lipinski definition) is 2. The molecule has 0 fully saturated rings. The maximum absolute atomic E-state index is 5.32. The lowest BCUT2D eigenvalue weighted by Crippen LogP contribution is -2.13. The Labute approximate surface area is 163 Å². The highest BCUT2D eigenvalue weighted by Gasteiger charge is 2.09. The molecule has 0 saturated heterocycles. The van der Waals surface area contributed by atoms with Gasteiger partial charge in [0.25, 0.3) is 0 Å². The summed E-state index contributed by atoms with van der Waals surface area (Å²) in [4.78, 5) is 8.70. The van der Waals surface area contributed by atoms with Crippen LogP contribution in [0.1, 0.15) is 17.0 Å². The Morgan fingerprint density at radius 3 is 2.86 bits per heavy atom. The molecule has 0 unspecified atom stereocenters. The van der Waals surface area contributed by atoms with Gasteiger partial charge in [-0.3, -0.25) is 9.67 Å². The van der Waals surface area contributed by atoms with Gasteiger partial charge in [0.05, 0.1) is 19.0 Å². The topological polar surface area (TPSA) is 80.6 Å². The van der Waals surface area contributed by atoms with E-state index in [4.69, 9.17) is 4.74 Å². The molecule has 0 bridgehead atoms. The van der Waals surface area contributed by atoms with Gasteiger partial charge in [0.15, 0.2) is 0 Å². The van der Waals surface area contributed by atoms with Crippen LogP contribution in [0.15, 0.2) is 61.2 Å². The number of aromatic nitrogens is 5. The van der Waals surface area contributed by atoms with Gasteiger partial charge in [-0.2, -0.15) is 5.10 Å². The summed E-state index contributed by atoms with van der Waals surface area (Å²) in [6.07, 6.45) is 7.38. The molecule has 3 heterocycles. The second-order valence-electron chi connectivity index (χ2n) is 6.47. The zero-order valence-corrected chi connectivity index (χ0v) is 15.9. The molecule has 7 nitrogen and oxygen atoms in total. The molecule has 0 radical (unpaired) electrons. The summed E-state index contributed by atoms with van der Waals surface area (Å²) in [6.45, 7) is 3.39. The second-order valence-corrected chi connectivity index (χ2v) is 6.47. The van der Waals surface area contributed by atoms with Crippen LogP contribution in [-0.4, -0.2) is 31.8 Å². The number of rotatable bonds is 7. The molecule has 4 rings (SSSR count). The van der Waals surface area contributed by atoms with Crippen molar-refractivity contribution in [2.24, 2.45) is 0 Å². The van der Waals surface area contributed by atoms with Crippen LogP contribution in [0.3, 0.4) is 0 Å². The van der Waals surface area contributed by atoms with E-state index in [9.17, 15) is 0 Å². The molecule has 2 N–H and O–H groups in total. The molecule has 1 aromatic carbocycles. The van der Waals surface area contributed by atoms with E-state index < -0.39 is 0 Å². The minimum absolute atomic E-state index is 0.699. The number of nitrogens with one attached hydrogen (secondary N) is 2. The molecular formula is C21H22N6O. The van der Waals surface area contributed by atoms with Gasteiger partial charge in [-0.15, -0.1) is 0 Å². The number of nitrogens with zero attached hydrogens (tertiary/aromatic N) is 4. The summed E-state index contributed by atoms with van der Waals surface area (Å²) >= 11 is 0. The number of ether oxygens (including phenoxy) is 1. The van der Waals surface area contributed by atoms with E-state index in [1.54, 1.807) is 13.3 Å². The normalized spacial score (nSPS) is 10.9. The summed E-state index contributed by atoms with van der Waals surface area (Å²) in [7, 11) is 1.67. The number of pyridine rings is 1. The molecular weight excluding hydrogens is 352 g/mol. The van der Waals surface area contributed by atoms with Crippen molar-refractivity contribution in [2.45, 2.75) is 20.0 Å². The predicted octanol–water partition coefficient (Wildman–Crippen LogP) is 3.26. The van der Waals surface area contributed by atoms with Crippen molar-refractivity contribution < 1.29 is 4.74 Å². The van der Waals surface area contributed by atoms with Crippen molar-refractivity contribution in [3.05, 3.63) is 78.1 Å². The van der Waals surface area contributed by atoms with Crippen LogP contribution in [0.25, 0.3) is 17.1 Å². The SMILES string of the molecule is COc1cccc(-c2[nH]ncc2CNCc2ccnc(-n3ccnc3C)c2)c1. The summed E-state index contributed by atoms with van der Waals surface area (Å²) < 4.78 is 7.29. The van der Waals surface area contributed by atoms with Crippen LogP contribution in [0.2, 0.25) is 0 Å². The van der Waals surface area contributed by atoms with Gasteiger partial charge in [0, 0.05) is 42.8 Å². The van der Waals surface area contributed by atoms with E-state index in [1.165, 1.54) is 0 Å². The minimum atomic E-state index is 0.699. The third-order valence-electron chi connectivity index (χ3n) is 4.60.